The quantitative estimate of drug-likeness (QED) is 0.414. The first-order valence-electron chi connectivity index (χ1n) is 9.96. The minimum atomic E-state index is 0.271. The fraction of sp³-hybridized carbons (Fsp3) is 0. The molecule has 0 unspecified atom stereocenters. The second-order valence-corrected chi connectivity index (χ2v) is 7.07. The number of para-hydroxylation sites is 1. The van der Waals surface area contributed by atoms with Crippen LogP contribution in [0.15, 0.2) is 91.5 Å². The number of nitrogens with two attached hydrogens (primary N) is 2. The van der Waals surface area contributed by atoms with Crippen LogP contribution >= 0.6 is 0 Å². The van der Waals surface area contributed by atoms with Crippen molar-refractivity contribution in [3.05, 3.63) is 119 Å². The van der Waals surface area contributed by atoms with E-state index in [1.165, 1.54) is 0 Å². The number of nitrogen functional groups attached to an aromatic ring is 1. The highest BCUT2D eigenvalue weighted by molar-refractivity contribution is 5.81. The number of hydrogen-bond donors (Lipinski definition) is 3. The molecule has 0 saturated carbocycles. The number of allylic oxidation sites excluding steroid dienone is 1. The summed E-state index contributed by atoms with van der Waals surface area (Å²) < 4.78 is 5.85. The summed E-state index contributed by atoms with van der Waals surface area (Å²) in [6.45, 7) is 3.92. The molecule has 0 bridgehead atoms. The van der Waals surface area contributed by atoms with Crippen molar-refractivity contribution in [3.63, 3.8) is 0 Å². The van der Waals surface area contributed by atoms with Crippen molar-refractivity contribution >= 4 is 23.4 Å². The van der Waals surface area contributed by atoms with Gasteiger partial charge in [-0.25, -0.2) is 0 Å². The monoisotopic (exact) mass is 422 g/mol. The number of carbonyl (C=O) groups is 1. The van der Waals surface area contributed by atoms with Gasteiger partial charge in [-0.3, -0.25) is 9.89 Å². The van der Waals surface area contributed by atoms with Crippen LogP contribution in [0.25, 0.3) is 11.3 Å². The molecule has 158 valence electrons. The molecular formula is C26H22N4O2. The van der Waals surface area contributed by atoms with Crippen LogP contribution in [-0.4, -0.2) is 16.5 Å². The normalized spacial score (nSPS) is 12.6. The zero-order chi connectivity index (χ0) is 22.5. The molecule has 4 rings (SSSR count). The third kappa shape index (κ3) is 4.15. The number of aromatic nitrogens is 2. The molecule has 32 heavy (non-hydrogen) atoms. The lowest BCUT2D eigenvalue weighted by atomic mass is 10.0. The minimum absolute atomic E-state index is 0.271. The van der Waals surface area contributed by atoms with Crippen LogP contribution in [0.3, 0.4) is 0 Å². The van der Waals surface area contributed by atoms with E-state index >= 15 is 0 Å². The third-order valence-corrected chi connectivity index (χ3v) is 5.02. The van der Waals surface area contributed by atoms with Gasteiger partial charge in [-0.05, 0) is 53.6 Å². The first-order chi connectivity index (χ1) is 15.6. The molecule has 0 aliphatic rings. The van der Waals surface area contributed by atoms with Crippen LogP contribution in [0.5, 0.6) is 11.5 Å². The molecule has 1 aromatic heterocycles. The van der Waals surface area contributed by atoms with Crippen molar-refractivity contribution in [2.75, 3.05) is 5.73 Å². The molecule has 5 N–H and O–H groups in total. The van der Waals surface area contributed by atoms with Gasteiger partial charge in [0.2, 0.25) is 0 Å². The van der Waals surface area contributed by atoms with Gasteiger partial charge in [0, 0.05) is 11.1 Å². The largest absolute Gasteiger partial charge is 0.457 e. The molecule has 0 radical (unpaired) electrons. The van der Waals surface area contributed by atoms with Crippen molar-refractivity contribution in [2.45, 2.75) is 0 Å². The van der Waals surface area contributed by atoms with Gasteiger partial charge < -0.3 is 16.2 Å². The maximum absolute atomic E-state index is 11.2. The van der Waals surface area contributed by atoms with Crippen LogP contribution in [0.1, 0.15) is 21.5 Å². The predicted molar refractivity (Wildman–Crippen MR) is 126 cm³/mol. The predicted octanol–water partition coefficient (Wildman–Crippen LogP) is 3.10. The zero-order valence-corrected chi connectivity index (χ0v) is 17.3. The number of ether oxygens (including phenoxy) is 1. The lowest BCUT2D eigenvalue weighted by Crippen LogP contribution is -2.32. The third-order valence-electron chi connectivity index (χ3n) is 5.02. The first-order valence-corrected chi connectivity index (χ1v) is 9.96. The lowest BCUT2D eigenvalue weighted by molar-refractivity contribution is 0.112. The van der Waals surface area contributed by atoms with Crippen LogP contribution in [0.2, 0.25) is 0 Å². The number of H-pyrrole nitrogens is 1. The van der Waals surface area contributed by atoms with Crippen LogP contribution in [-0.2, 0) is 0 Å². The van der Waals surface area contributed by atoms with E-state index in [9.17, 15) is 4.79 Å². The first kappa shape index (κ1) is 20.7. The molecule has 4 aromatic rings. The maximum atomic E-state index is 11.2. The lowest BCUT2D eigenvalue weighted by Gasteiger charge is -2.07. The number of anilines is 1. The van der Waals surface area contributed by atoms with E-state index in [1.807, 2.05) is 60.7 Å². The second-order valence-electron chi connectivity index (χ2n) is 7.07. The SMILES string of the molecule is C=C/C(c1cccc(C=O)c1)=c1/[nH]nc(N)/c1=C(/N)c1ccc(Oc2ccccc2)cc1. The molecule has 1 heterocycles. The molecule has 6 heteroatoms. The molecule has 6 nitrogen and oxygen atoms in total. The summed E-state index contributed by atoms with van der Waals surface area (Å²) in [6, 6.07) is 24.2. The molecule has 0 saturated heterocycles. The van der Waals surface area contributed by atoms with Gasteiger partial charge in [0.25, 0.3) is 0 Å². The Morgan fingerprint density at radius 1 is 0.938 bits per heavy atom. The Kier molecular flexibility index (Phi) is 5.85. The number of rotatable bonds is 6. The van der Waals surface area contributed by atoms with Crippen molar-refractivity contribution in [1.29, 1.82) is 0 Å². The van der Waals surface area contributed by atoms with Crippen molar-refractivity contribution in [3.8, 4) is 11.5 Å². The van der Waals surface area contributed by atoms with Gasteiger partial charge in [-0.2, -0.15) is 5.10 Å². The number of benzene rings is 3. The topological polar surface area (TPSA) is 107 Å². The summed E-state index contributed by atoms with van der Waals surface area (Å²) in [5.74, 6) is 1.71. The second kappa shape index (κ2) is 9.06. The zero-order valence-electron chi connectivity index (χ0n) is 17.3. The number of aldehydes is 1. The standard InChI is InChI=1S/C26H22N4O2/c1-2-22(19-8-6-7-17(15-19)16-31)25-23(26(28)30-29-25)24(27)18-11-13-21(14-12-18)32-20-9-4-3-5-10-20/h2-16,29H,1,27H2,(H2,28,30)/b24-23+,25-22-. The number of nitrogens with zero attached hydrogens (tertiary/aromatic N) is 1. The van der Waals surface area contributed by atoms with Crippen molar-refractivity contribution < 1.29 is 9.53 Å². The molecular weight excluding hydrogens is 400 g/mol. The van der Waals surface area contributed by atoms with Gasteiger partial charge >= 0.3 is 0 Å². The Bertz CT molecular complexity index is 1390. The molecule has 0 aliphatic heterocycles. The Morgan fingerprint density at radius 3 is 2.34 bits per heavy atom. The van der Waals surface area contributed by atoms with E-state index in [-0.39, 0.29) is 5.82 Å². The van der Waals surface area contributed by atoms with E-state index in [4.69, 9.17) is 16.2 Å². The van der Waals surface area contributed by atoms with Gasteiger partial charge in [-0.15, -0.1) is 0 Å². The van der Waals surface area contributed by atoms with Gasteiger partial charge in [0.15, 0.2) is 5.82 Å². The fourth-order valence-electron chi connectivity index (χ4n) is 3.44. The average Bonchev–Trinajstić information content (AvgIpc) is 3.21. The minimum Gasteiger partial charge on any atom is -0.457 e. The van der Waals surface area contributed by atoms with Crippen LogP contribution in [0, 0.1) is 0 Å². The number of aromatic amines is 1. The summed E-state index contributed by atoms with van der Waals surface area (Å²) in [5, 5.41) is 8.33. The molecule has 0 aliphatic carbocycles. The summed E-state index contributed by atoms with van der Waals surface area (Å²) >= 11 is 0. The molecule has 0 atom stereocenters. The Morgan fingerprint density at radius 2 is 1.66 bits per heavy atom. The van der Waals surface area contributed by atoms with Gasteiger partial charge in [0.1, 0.15) is 17.8 Å². The smallest absolute Gasteiger partial charge is 0.155 e. The molecule has 3 aromatic carbocycles. The van der Waals surface area contributed by atoms with E-state index in [0.717, 1.165) is 28.7 Å². The van der Waals surface area contributed by atoms with Crippen molar-refractivity contribution in [2.24, 2.45) is 5.73 Å². The Balaban J connectivity index is 1.82. The summed E-state index contributed by atoms with van der Waals surface area (Å²) in [6.07, 6.45) is 2.48. The highest BCUT2D eigenvalue weighted by atomic mass is 16.5. The summed E-state index contributed by atoms with van der Waals surface area (Å²) in [7, 11) is 0. The highest BCUT2D eigenvalue weighted by Gasteiger charge is 2.10. The van der Waals surface area contributed by atoms with Crippen molar-refractivity contribution in [1.82, 2.24) is 10.2 Å². The molecule has 0 fully saturated rings. The van der Waals surface area contributed by atoms with E-state index in [0.29, 0.717) is 27.6 Å². The van der Waals surface area contributed by atoms with E-state index in [1.54, 1.807) is 24.3 Å². The van der Waals surface area contributed by atoms with Gasteiger partial charge in [-0.1, -0.05) is 49.1 Å². The molecule has 0 amide bonds. The number of carbonyl (C=O) groups excluding carboxylic acids is 1. The van der Waals surface area contributed by atoms with Gasteiger partial charge in [0.05, 0.1) is 16.3 Å². The fourth-order valence-corrected chi connectivity index (χ4v) is 3.44. The summed E-state index contributed by atoms with van der Waals surface area (Å²) in [5.41, 5.74) is 16.0. The number of nitrogens with one attached hydrogen (secondary N) is 1. The van der Waals surface area contributed by atoms with Crippen LogP contribution < -0.4 is 26.8 Å². The highest BCUT2D eigenvalue weighted by Crippen LogP contribution is 2.22. The average molecular weight is 422 g/mol. The Hall–Kier alpha value is -4.58. The molecule has 0 spiro atoms. The van der Waals surface area contributed by atoms with Crippen LogP contribution in [0.4, 0.5) is 5.82 Å². The maximum Gasteiger partial charge on any atom is 0.155 e. The Labute approximate surface area is 185 Å². The van der Waals surface area contributed by atoms with E-state index in [2.05, 4.69) is 16.8 Å². The van der Waals surface area contributed by atoms with E-state index < -0.39 is 0 Å². The number of hydrogen-bond acceptors (Lipinski definition) is 5. The summed E-state index contributed by atoms with van der Waals surface area (Å²) in [4.78, 5) is 11.2.